The van der Waals surface area contributed by atoms with E-state index in [0.717, 1.165) is 4.31 Å². The highest BCUT2D eigenvalue weighted by molar-refractivity contribution is 7.89. The molecule has 1 heterocycles. The number of anilines is 1. The lowest BCUT2D eigenvalue weighted by Crippen LogP contribution is -2.41. The number of amides is 1. The molecule has 0 spiro atoms. The van der Waals surface area contributed by atoms with Crippen molar-refractivity contribution in [2.45, 2.75) is 18.2 Å². The molecule has 0 bridgehead atoms. The van der Waals surface area contributed by atoms with Gasteiger partial charge in [0.05, 0.1) is 25.6 Å². The summed E-state index contributed by atoms with van der Waals surface area (Å²) in [5, 5.41) is 8.90. The van der Waals surface area contributed by atoms with Gasteiger partial charge in [0.2, 0.25) is 15.9 Å². The molecule has 1 amide bonds. The molecule has 8 nitrogen and oxygen atoms in total. The third kappa shape index (κ3) is 5.28. The molecule has 148 valence electrons. The second-order valence-electron chi connectivity index (χ2n) is 5.83. The minimum absolute atomic E-state index is 0.00921. The number of ether oxygens (including phenoxy) is 1. The summed E-state index contributed by atoms with van der Waals surface area (Å²) in [6.45, 7) is 2.18. The van der Waals surface area contributed by atoms with Crippen molar-refractivity contribution >= 4 is 21.6 Å². The number of hydrogen-bond acceptors (Lipinski definition) is 6. The highest BCUT2D eigenvalue weighted by Crippen LogP contribution is 2.21. The Balaban J connectivity index is 2.19. The molecule has 2 rings (SSSR count). The zero-order valence-corrected chi connectivity index (χ0v) is 16.6. The molecule has 0 aliphatic rings. The lowest BCUT2D eigenvalue weighted by molar-refractivity contribution is -0.118. The molecule has 0 saturated heterocycles. The first kappa shape index (κ1) is 21.3. The number of benzene rings is 1. The standard InChI is InChI=1S/C19H22N4O4S/c1-3-27-17-9-7-16(8-10-17)23(13-5-11-20)19(24)15-22(2)28(25,26)18-6-4-12-21-14-18/h4,6-10,12,14H,3,5,13,15H2,1-2H3. The predicted molar refractivity (Wildman–Crippen MR) is 104 cm³/mol. The van der Waals surface area contributed by atoms with Gasteiger partial charge in [0.1, 0.15) is 10.6 Å². The van der Waals surface area contributed by atoms with Gasteiger partial charge >= 0.3 is 0 Å². The Kier molecular flexibility index (Phi) is 7.49. The van der Waals surface area contributed by atoms with Crippen LogP contribution in [0.5, 0.6) is 5.75 Å². The number of sulfonamides is 1. The third-order valence-corrected chi connectivity index (χ3v) is 5.70. The van der Waals surface area contributed by atoms with Crippen LogP contribution in [-0.2, 0) is 14.8 Å². The molecule has 0 unspecified atom stereocenters. The second-order valence-corrected chi connectivity index (χ2v) is 7.88. The van der Waals surface area contributed by atoms with Crippen molar-refractivity contribution in [1.29, 1.82) is 5.26 Å². The van der Waals surface area contributed by atoms with Crippen LogP contribution in [0.25, 0.3) is 0 Å². The summed E-state index contributed by atoms with van der Waals surface area (Å²) in [5.74, 6) is 0.226. The van der Waals surface area contributed by atoms with E-state index < -0.39 is 15.9 Å². The maximum absolute atomic E-state index is 12.8. The summed E-state index contributed by atoms with van der Waals surface area (Å²) >= 11 is 0. The van der Waals surface area contributed by atoms with Crippen molar-refractivity contribution in [3.63, 3.8) is 0 Å². The van der Waals surface area contributed by atoms with Crippen LogP contribution in [0.3, 0.4) is 0 Å². The van der Waals surface area contributed by atoms with Gasteiger partial charge in [-0.3, -0.25) is 9.78 Å². The van der Waals surface area contributed by atoms with Crippen molar-refractivity contribution in [3.05, 3.63) is 48.8 Å². The summed E-state index contributed by atoms with van der Waals surface area (Å²) in [6.07, 6.45) is 2.83. The minimum atomic E-state index is -3.85. The number of hydrogen-bond donors (Lipinski definition) is 0. The lowest BCUT2D eigenvalue weighted by Gasteiger charge is -2.25. The summed E-state index contributed by atoms with van der Waals surface area (Å²) in [6, 6.07) is 11.8. The fourth-order valence-electron chi connectivity index (χ4n) is 2.49. The van der Waals surface area contributed by atoms with Crippen molar-refractivity contribution in [2.75, 3.05) is 31.6 Å². The van der Waals surface area contributed by atoms with Gasteiger partial charge in [-0.1, -0.05) is 0 Å². The second kappa shape index (κ2) is 9.82. The average molecular weight is 402 g/mol. The van der Waals surface area contributed by atoms with E-state index in [1.807, 2.05) is 13.0 Å². The fourth-order valence-corrected chi connectivity index (χ4v) is 3.57. The number of rotatable bonds is 9. The number of likely N-dealkylation sites (N-methyl/N-ethyl adjacent to an activating group) is 1. The van der Waals surface area contributed by atoms with E-state index in [2.05, 4.69) is 4.98 Å². The highest BCUT2D eigenvalue weighted by Gasteiger charge is 2.26. The van der Waals surface area contributed by atoms with E-state index >= 15 is 0 Å². The molecule has 0 aliphatic heterocycles. The van der Waals surface area contributed by atoms with Crippen LogP contribution in [0.1, 0.15) is 13.3 Å². The van der Waals surface area contributed by atoms with Crippen molar-refractivity contribution in [1.82, 2.24) is 9.29 Å². The van der Waals surface area contributed by atoms with Crippen LogP contribution >= 0.6 is 0 Å². The molecule has 28 heavy (non-hydrogen) atoms. The van der Waals surface area contributed by atoms with Crippen LogP contribution in [0.15, 0.2) is 53.7 Å². The van der Waals surface area contributed by atoms with Crippen LogP contribution in [0, 0.1) is 11.3 Å². The molecule has 0 atom stereocenters. The fraction of sp³-hybridized carbons (Fsp3) is 0.316. The molecule has 0 saturated carbocycles. The SMILES string of the molecule is CCOc1ccc(N(CCC#N)C(=O)CN(C)S(=O)(=O)c2cccnc2)cc1. The van der Waals surface area contributed by atoms with Gasteiger partial charge in [0.25, 0.3) is 0 Å². The molecule has 0 fully saturated rings. The molecular formula is C19H22N4O4S. The predicted octanol–water partition coefficient (Wildman–Crippen LogP) is 2.05. The van der Waals surface area contributed by atoms with Crippen LogP contribution < -0.4 is 9.64 Å². The van der Waals surface area contributed by atoms with Crippen molar-refractivity contribution in [2.24, 2.45) is 0 Å². The van der Waals surface area contributed by atoms with E-state index in [1.165, 1.54) is 36.5 Å². The van der Waals surface area contributed by atoms with Crippen LogP contribution in [0.2, 0.25) is 0 Å². The quantitative estimate of drug-likeness (QED) is 0.636. The number of aromatic nitrogens is 1. The van der Waals surface area contributed by atoms with E-state index in [4.69, 9.17) is 10.00 Å². The zero-order valence-electron chi connectivity index (χ0n) is 15.8. The maximum atomic E-state index is 12.8. The molecule has 0 N–H and O–H groups in total. The molecule has 0 aliphatic carbocycles. The highest BCUT2D eigenvalue weighted by atomic mass is 32.2. The van der Waals surface area contributed by atoms with E-state index in [9.17, 15) is 13.2 Å². The van der Waals surface area contributed by atoms with Gasteiger partial charge in [-0.2, -0.15) is 9.57 Å². The monoisotopic (exact) mass is 402 g/mol. The Morgan fingerprint density at radius 2 is 1.96 bits per heavy atom. The normalized spacial score (nSPS) is 11.1. The Hall–Kier alpha value is -2.96. The van der Waals surface area contributed by atoms with E-state index in [-0.39, 0.29) is 24.4 Å². The molecule has 0 radical (unpaired) electrons. The van der Waals surface area contributed by atoms with Gasteiger partial charge in [-0.15, -0.1) is 0 Å². The third-order valence-electron chi connectivity index (χ3n) is 3.91. The topological polar surface area (TPSA) is 104 Å². The van der Waals surface area contributed by atoms with Gasteiger partial charge in [0, 0.05) is 31.7 Å². The first-order valence-electron chi connectivity index (χ1n) is 8.66. The zero-order chi connectivity index (χ0) is 20.6. The molecular weight excluding hydrogens is 380 g/mol. The average Bonchev–Trinajstić information content (AvgIpc) is 2.70. The maximum Gasteiger partial charge on any atom is 0.244 e. The van der Waals surface area contributed by atoms with Gasteiger partial charge in [0.15, 0.2) is 0 Å². The number of nitrogens with zero attached hydrogens (tertiary/aromatic N) is 4. The smallest absolute Gasteiger partial charge is 0.244 e. The summed E-state index contributed by atoms with van der Waals surface area (Å²) < 4.78 is 31.6. The molecule has 2 aromatic rings. The van der Waals surface area contributed by atoms with Crippen molar-refractivity contribution < 1.29 is 17.9 Å². The number of pyridine rings is 1. The first-order valence-corrected chi connectivity index (χ1v) is 10.1. The van der Waals surface area contributed by atoms with Crippen LogP contribution in [-0.4, -0.2) is 50.4 Å². The van der Waals surface area contributed by atoms with Gasteiger partial charge in [-0.05, 0) is 43.3 Å². The van der Waals surface area contributed by atoms with Crippen LogP contribution in [0.4, 0.5) is 5.69 Å². The Labute approximate surface area is 165 Å². The summed E-state index contributed by atoms with van der Waals surface area (Å²) in [5.41, 5.74) is 0.566. The van der Waals surface area contributed by atoms with E-state index in [1.54, 1.807) is 24.3 Å². The molecule has 9 heteroatoms. The Bertz CT molecular complexity index is 925. The number of nitriles is 1. The van der Waals surface area contributed by atoms with E-state index in [0.29, 0.717) is 18.0 Å². The summed E-state index contributed by atoms with van der Waals surface area (Å²) in [4.78, 5) is 18.0. The van der Waals surface area contributed by atoms with Gasteiger partial charge < -0.3 is 9.64 Å². The first-order chi connectivity index (χ1) is 13.4. The van der Waals surface area contributed by atoms with Gasteiger partial charge in [-0.25, -0.2) is 8.42 Å². The molecule has 1 aromatic heterocycles. The lowest BCUT2D eigenvalue weighted by atomic mass is 10.2. The largest absolute Gasteiger partial charge is 0.494 e. The minimum Gasteiger partial charge on any atom is -0.494 e. The Morgan fingerprint density at radius 1 is 1.25 bits per heavy atom. The molecule has 1 aromatic carbocycles. The number of carbonyl (C=O) groups excluding carboxylic acids is 1. The van der Waals surface area contributed by atoms with Crippen molar-refractivity contribution in [3.8, 4) is 11.8 Å². The summed E-state index contributed by atoms with van der Waals surface area (Å²) in [7, 11) is -2.51. The number of carbonyl (C=O) groups is 1. The Morgan fingerprint density at radius 3 is 2.54 bits per heavy atom.